The number of rotatable bonds is 3. The first-order chi connectivity index (χ1) is 7.17. The van der Waals surface area contributed by atoms with Gasteiger partial charge in [0.2, 0.25) is 0 Å². The average molecular weight is 203 g/mol. The van der Waals surface area contributed by atoms with Crippen LogP contribution >= 0.6 is 0 Å². The Morgan fingerprint density at radius 2 is 1.80 bits per heavy atom. The molecule has 1 aliphatic heterocycles. The molecule has 1 fully saturated rings. The molecule has 15 heavy (non-hydrogen) atoms. The number of hydrogen-bond acceptors (Lipinski definition) is 1. The third kappa shape index (κ3) is 1.93. The molecule has 0 aliphatic carbocycles. The minimum Gasteiger partial charge on any atom is -0.316 e. The molecule has 1 aromatic rings. The van der Waals surface area contributed by atoms with E-state index in [1.165, 1.54) is 37.1 Å². The molecule has 0 spiro atoms. The molecular formula is C14H21N. The van der Waals surface area contributed by atoms with Crippen molar-refractivity contribution in [3.8, 4) is 0 Å². The lowest BCUT2D eigenvalue weighted by molar-refractivity contribution is 0.160. The SMILES string of the molecule is CCC1(Cc2c(C)cccc2C)CNC1. The van der Waals surface area contributed by atoms with Crippen LogP contribution in [-0.4, -0.2) is 13.1 Å². The molecule has 82 valence electrons. The molecule has 0 saturated carbocycles. The van der Waals surface area contributed by atoms with E-state index in [1.807, 2.05) is 0 Å². The second-order valence-corrected chi connectivity index (χ2v) is 5.00. The Hall–Kier alpha value is -0.820. The maximum Gasteiger partial charge on any atom is 0.00233 e. The Bertz CT molecular complexity index is 325. The van der Waals surface area contributed by atoms with E-state index in [1.54, 1.807) is 5.56 Å². The van der Waals surface area contributed by atoms with Gasteiger partial charge in [0.15, 0.2) is 0 Å². The lowest BCUT2D eigenvalue weighted by atomic mass is 9.73. The predicted octanol–water partition coefficient (Wildman–Crippen LogP) is 2.85. The second kappa shape index (κ2) is 3.97. The lowest BCUT2D eigenvalue weighted by Gasteiger charge is -2.43. The van der Waals surface area contributed by atoms with E-state index in [0.717, 1.165) is 0 Å². The molecule has 1 aliphatic rings. The van der Waals surface area contributed by atoms with Crippen molar-refractivity contribution in [1.29, 1.82) is 0 Å². The van der Waals surface area contributed by atoms with Gasteiger partial charge in [-0.25, -0.2) is 0 Å². The minimum atomic E-state index is 0.539. The van der Waals surface area contributed by atoms with Crippen LogP contribution in [0.15, 0.2) is 18.2 Å². The van der Waals surface area contributed by atoms with Crippen molar-refractivity contribution in [2.24, 2.45) is 5.41 Å². The van der Waals surface area contributed by atoms with Crippen LogP contribution in [0.4, 0.5) is 0 Å². The quantitative estimate of drug-likeness (QED) is 0.796. The summed E-state index contributed by atoms with van der Waals surface area (Å²) in [7, 11) is 0. The Morgan fingerprint density at radius 3 is 2.20 bits per heavy atom. The highest BCUT2D eigenvalue weighted by molar-refractivity contribution is 5.34. The van der Waals surface area contributed by atoms with Crippen LogP contribution in [0.3, 0.4) is 0 Å². The molecular weight excluding hydrogens is 182 g/mol. The Kier molecular flexibility index (Phi) is 2.83. The Labute approximate surface area is 92.9 Å². The van der Waals surface area contributed by atoms with Gasteiger partial charge in [0.1, 0.15) is 0 Å². The third-order valence-electron chi connectivity index (χ3n) is 3.95. The van der Waals surface area contributed by atoms with Crippen LogP contribution in [-0.2, 0) is 6.42 Å². The summed E-state index contributed by atoms with van der Waals surface area (Å²) in [6.45, 7) is 9.17. The van der Waals surface area contributed by atoms with Gasteiger partial charge in [0.05, 0.1) is 0 Å². The van der Waals surface area contributed by atoms with Gasteiger partial charge < -0.3 is 5.32 Å². The largest absolute Gasteiger partial charge is 0.316 e. The highest BCUT2D eigenvalue weighted by Gasteiger charge is 2.35. The van der Waals surface area contributed by atoms with Gasteiger partial charge >= 0.3 is 0 Å². The van der Waals surface area contributed by atoms with Gasteiger partial charge in [-0.15, -0.1) is 0 Å². The van der Waals surface area contributed by atoms with Gasteiger partial charge in [0, 0.05) is 13.1 Å². The zero-order chi connectivity index (χ0) is 10.9. The first-order valence-electron chi connectivity index (χ1n) is 5.93. The van der Waals surface area contributed by atoms with Gasteiger partial charge in [0.25, 0.3) is 0 Å². The first-order valence-corrected chi connectivity index (χ1v) is 5.93. The van der Waals surface area contributed by atoms with Crippen LogP contribution in [0.5, 0.6) is 0 Å². The molecule has 1 N–H and O–H groups in total. The minimum absolute atomic E-state index is 0.539. The fourth-order valence-electron chi connectivity index (χ4n) is 2.48. The van der Waals surface area contributed by atoms with Crippen LogP contribution in [0, 0.1) is 19.3 Å². The van der Waals surface area contributed by atoms with E-state index < -0.39 is 0 Å². The summed E-state index contributed by atoms with van der Waals surface area (Å²) in [6, 6.07) is 6.63. The van der Waals surface area contributed by atoms with Gasteiger partial charge in [-0.2, -0.15) is 0 Å². The molecule has 0 atom stereocenters. The standard InChI is InChI=1S/C14H21N/c1-4-14(9-15-10-14)8-13-11(2)6-5-7-12(13)3/h5-7,15H,4,8-10H2,1-3H3. The monoisotopic (exact) mass is 203 g/mol. The van der Waals surface area contributed by atoms with Crippen molar-refractivity contribution in [2.45, 2.75) is 33.6 Å². The number of benzene rings is 1. The zero-order valence-electron chi connectivity index (χ0n) is 10.1. The van der Waals surface area contributed by atoms with E-state index in [-0.39, 0.29) is 0 Å². The summed E-state index contributed by atoms with van der Waals surface area (Å²) in [5.74, 6) is 0. The smallest absolute Gasteiger partial charge is 0.00233 e. The van der Waals surface area contributed by atoms with Crippen molar-refractivity contribution < 1.29 is 0 Å². The highest BCUT2D eigenvalue weighted by atomic mass is 15.0. The fourth-order valence-corrected chi connectivity index (χ4v) is 2.48. The molecule has 0 radical (unpaired) electrons. The van der Waals surface area contributed by atoms with Crippen LogP contribution in [0.2, 0.25) is 0 Å². The first kappa shape index (κ1) is 10.7. The van der Waals surface area contributed by atoms with Crippen LogP contribution in [0.1, 0.15) is 30.0 Å². The van der Waals surface area contributed by atoms with Crippen molar-refractivity contribution in [1.82, 2.24) is 5.32 Å². The second-order valence-electron chi connectivity index (χ2n) is 5.00. The van der Waals surface area contributed by atoms with Crippen molar-refractivity contribution in [3.05, 3.63) is 34.9 Å². The van der Waals surface area contributed by atoms with Crippen molar-refractivity contribution in [2.75, 3.05) is 13.1 Å². The normalized spacial score (nSPS) is 18.6. The van der Waals surface area contributed by atoms with Crippen LogP contribution in [0.25, 0.3) is 0 Å². The summed E-state index contributed by atoms with van der Waals surface area (Å²) in [6.07, 6.45) is 2.53. The van der Waals surface area contributed by atoms with Crippen molar-refractivity contribution >= 4 is 0 Å². The molecule has 1 heteroatoms. The summed E-state index contributed by atoms with van der Waals surface area (Å²) < 4.78 is 0. The maximum absolute atomic E-state index is 3.41. The average Bonchev–Trinajstić information content (AvgIpc) is 2.15. The molecule has 0 amide bonds. The molecule has 2 rings (SSSR count). The molecule has 1 aromatic carbocycles. The number of hydrogen-bond donors (Lipinski definition) is 1. The molecule has 1 nitrogen and oxygen atoms in total. The molecule has 0 unspecified atom stereocenters. The predicted molar refractivity (Wildman–Crippen MR) is 65.2 cm³/mol. The third-order valence-corrected chi connectivity index (χ3v) is 3.95. The summed E-state index contributed by atoms with van der Waals surface area (Å²) in [5, 5.41) is 3.41. The summed E-state index contributed by atoms with van der Waals surface area (Å²) in [4.78, 5) is 0. The van der Waals surface area contributed by atoms with E-state index >= 15 is 0 Å². The molecule has 0 aromatic heterocycles. The summed E-state index contributed by atoms with van der Waals surface area (Å²) >= 11 is 0. The van der Waals surface area contributed by atoms with Gasteiger partial charge in [-0.05, 0) is 48.8 Å². The van der Waals surface area contributed by atoms with E-state index in [9.17, 15) is 0 Å². The zero-order valence-corrected chi connectivity index (χ0v) is 10.1. The Morgan fingerprint density at radius 1 is 1.20 bits per heavy atom. The van der Waals surface area contributed by atoms with E-state index in [4.69, 9.17) is 0 Å². The van der Waals surface area contributed by atoms with E-state index in [2.05, 4.69) is 44.3 Å². The van der Waals surface area contributed by atoms with Gasteiger partial charge in [-0.3, -0.25) is 0 Å². The molecule has 0 bridgehead atoms. The van der Waals surface area contributed by atoms with Crippen LogP contribution < -0.4 is 5.32 Å². The van der Waals surface area contributed by atoms with E-state index in [0.29, 0.717) is 5.41 Å². The molecule has 1 saturated heterocycles. The lowest BCUT2D eigenvalue weighted by Crippen LogP contribution is -2.54. The number of aryl methyl sites for hydroxylation is 2. The fraction of sp³-hybridized carbons (Fsp3) is 0.571. The highest BCUT2D eigenvalue weighted by Crippen LogP contribution is 2.33. The Balaban J connectivity index is 2.23. The van der Waals surface area contributed by atoms with Gasteiger partial charge in [-0.1, -0.05) is 25.1 Å². The topological polar surface area (TPSA) is 12.0 Å². The summed E-state index contributed by atoms with van der Waals surface area (Å²) in [5.41, 5.74) is 5.02. The molecule has 1 heterocycles. The maximum atomic E-state index is 3.41. The van der Waals surface area contributed by atoms with Crippen molar-refractivity contribution in [3.63, 3.8) is 0 Å². The number of nitrogens with one attached hydrogen (secondary N) is 1.